The number of ether oxygens (including phenoxy) is 1. The Bertz CT molecular complexity index is 1080. The predicted molar refractivity (Wildman–Crippen MR) is 123 cm³/mol. The van der Waals surface area contributed by atoms with E-state index in [1.807, 2.05) is 38.1 Å². The van der Waals surface area contributed by atoms with Crippen molar-refractivity contribution in [3.05, 3.63) is 59.8 Å². The van der Waals surface area contributed by atoms with Gasteiger partial charge in [0, 0.05) is 24.7 Å². The number of benzene rings is 1. The first kappa shape index (κ1) is 21.9. The fraction of sp³-hybridized carbons (Fsp3) is 0.400. The van der Waals surface area contributed by atoms with E-state index in [1.165, 1.54) is 38.4 Å². The first-order valence-corrected chi connectivity index (χ1v) is 11.3. The molecular weight excluding hydrogens is 402 g/mol. The second-order valence-corrected chi connectivity index (χ2v) is 8.23. The van der Waals surface area contributed by atoms with Crippen LogP contribution in [0.25, 0.3) is 11.4 Å². The molecule has 4 rings (SSSR count). The van der Waals surface area contributed by atoms with Gasteiger partial charge in [-0.15, -0.1) is 0 Å². The molecule has 0 bridgehead atoms. The molecule has 7 nitrogen and oxygen atoms in total. The minimum Gasteiger partial charge on any atom is -0.438 e. The molecule has 7 heteroatoms. The SMILES string of the molecule is CCc1ncnc(-c2cccnc2Oc2cc(C(=O)NCC3CCCCC3)ccc2C)n1. The van der Waals surface area contributed by atoms with E-state index < -0.39 is 0 Å². The maximum Gasteiger partial charge on any atom is 0.251 e. The minimum absolute atomic E-state index is 0.0771. The third-order valence-corrected chi connectivity index (χ3v) is 5.88. The quantitative estimate of drug-likeness (QED) is 0.572. The van der Waals surface area contributed by atoms with E-state index in [1.54, 1.807) is 12.3 Å². The molecular formula is C25H29N5O2. The normalized spacial score (nSPS) is 14.2. The van der Waals surface area contributed by atoms with E-state index in [9.17, 15) is 4.79 Å². The molecule has 0 aliphatic heterocycles. The highest BCUT2D eigenvalue weighted by atomic mass is 16.5. The third-order valence-electron chi connectivity index (χ3n) is 5.88. The molecule has 0 unspecified atom stereocenters. The maximum atomic E-state index is 12.8. The van der Waals surface area contributed by atoms with Gasteiger partial charge in [0.05, 0.1) is 5.56 Å². The summed E-state index contributed by atoms with van der Waals surface area (Å²) >= 11 is 0. The van der Waals surface area contributed by atoms with E-state index in [0.29, 0.717) is 46.7 Å². The molecule has 32 heavy (non-hydrogen) atoms. The average Bonchev–Trinajstić information content (AvgIpc) is 2.85. The molecule has 1 aromatic carbocycles. The molecule has 0 radical (unpaired) electrons. The van der Waals surface area contributed by atoms with Crippen LogP contribution in [0.15, 0.2) is 42.9 Å². The van der Waals surface area contributed by atoms with Crippen molar-refractivity contribution in [2.75, 3.05) is 6.54 Å². The van der Waals surface area contributed by atoms with Crippen molar-refractivity contribution in [2.45, 2.75) is 52.4 Å². The lowest BCUT2D eigenvalue weighted by Crippen LogP contribution is -2.30. The molecule has 0 spiro atoms. The molecule has 3 aromatic rings. The molecule has 0 atom stereocenters. The molecule has 1 aliphatic rings. The number of nitrogens with one attached hydrogen (secondary N) is 1. The molecule has 166 valence electrons. The number of aryl methyl sites for hydroxylation is 2. The molecule has 0 saturated heterocycles. The number of carbonyl (C=O) groups excluding carboxylic acids is 1. The Kier molecular flexibility index (Phi) is 7.04. The Balaban J connectivity index is 1.53. The number of hydrogen-bond donors (Lipinski definition) is 1. The Morgan fingerprint density at radius 1 is 1.12 bits per heavy atom. The number of carbonyl (C=O) groups is 1. The topological polar surface area (TPSA) is 89.9 Å². The molecule has 2 aromatic heterocycles. The minimum atomic E-state index is -0.0771. The highest BCUT2D eigenvalue weighted by Crippen LogP contribution is 2.31. The van der Waals surface area contributed by atoms with Gasteiger partial charge in [0.1, 0.15) is 17.9 Å². The molecule has 1 aliphatic carbocycles. The van der Waals surface area contributed by atoms with Crippen LogP contribution in [0, 0.1) is 12.8 Å². The van der Waals surface area contributed by atoms with E-state index >= 15 is 0 Å². The summed E-state index contributed by atoms with van der Waals surface area (Å²) in [7, 11) is 0. The van der Waals surface area contributed by atoms with Gasteiger partial charge in [-0.1, -0.05) is 32.3 Å². The Morgan fingerprint density at radius 2 is 1.97 bits per heavy atom. The van der Waals surface area contributed by atoms with Crippen molar-refractivity contribution in [3.63, 3.8) is 0 Å². The van der Waals surface area contributed by atoms with Crippen LogP contribution in [0.5, 0.6) is 11.6 Å². The highest BCUT2D eigenvalue weighted by Gasteiger charge is 2.17. The van der Waals surface area contributed by atoms with Crippen LogP contribution < -0.4 is 10.1 Å². The van der Waals surface area contributed by atoms with Crippen molar-refractivity contribution < 1.29 is 9.53 Å². The Hall–Kier alpha value is -3.35. The number of nitrogens with zero attached hydrogens (tertiary/aromatic N) is 4. The van der Waals surface area contributed by atoms with Crippen molar-refractivity contribution >= 4 is 5.91 Å². The number of rotatable bonds is 7. The summed E-state index contributed by atoms with van der Waals surface area (Å²) in [5, 5.41) is 3.09. The summed E-state index contributed by atoms with van der Waals surface area (Å²) < 4.78 is 6.16. The Morgan fingerprint density at radius 3 is 2.78 bits per heavy atom. The smallest absolute Gasteiger partial charge is 0.251 e. The van der Waals surface area contributed by atoms with Crippen LogP contribution in [0.1, 0.15) is 60.8 Å². The van der Waals surface area contributed by atoms with Gasteiger partial charge in [-0.25, -0.2) is 19.9 Å². The zero-order chi connectivity index (χ0) is 22.3. The van der Waals surface area contributed by atoms with Gasteiger partial charge in [0.2, 0.25) is 5.88 Å². The van der Waals surface area contributed by atoms with Crippen LogP contribution in [0.3, 0.4) is 0 Å². The van der Waals surface area contributed by atoms with Crippen LogP contribution in [0.2, 0.25) is 0 Å². The summed E-state index contributed by atoms with van der Waals surface area (Å²) in [5.41, 5.74) is 2.17. The fourth-order valence-electron chi connectivity index (χ4n) is 3.96. The van der Waals surface area contributed by atoms with E-state index in [-0.39, 0.29) is 5.91 Å². The van der Waals surface area contributed by atoms with Gasteiger partial charge in [0.25, 0.3) is 5.91 Å². The van der Waals surface area contributed by atoms with Crippen LogP contribution >= 0.6 is 0 Å². The number of hydrogen-bond acceptors (Lipinski definition) is 6. The first-order chi connectivity index (χ1) is 15.6. The summed E-state index contributed by atoms with van der Waals surface area (Å²) in [6.07, 6.45) is 10.1. The fourth-order valence-corrected chi connectivity index (χ4v) is 3.96. The van der Waals surface area contributed by atoms with E-state index in [2.05, 4.69) is 25.3 Å². The molecule has 2 heterocycles. The van der Waals surface area contributed by atoms with Crippen LogP contribution in [-0.2, 0) is 6.42 Å². The predicted octanol–water partition coefficient (Wildman–Crippen LogP) is 4.91. The van der Waals surface area contributed by atoms with Crippen molar-refractivity contribution in [1.29, 1.82) is 0 Å². The van der Waals surface area contributed by atoms with E-state index in [0.717, 1.165) is 12.1 Å². The zero-order valence-electron chi connectivity index (χ0n) is 18.7. The van der Waals surface area contributed by atoms with Crippen LogP contribution in [0.4, 0.5) is 0 Å². The lowest BCUT2D eigenvalue weighted by molar-refractivity contribution is 0.0943. The number of aromatic nitrogens is 4. The summed E-state index contributed by atoms with van der Waals surface area (Å²) in [6.45, 7) is 4.67. The van der Waals surface area contributed by atoms with Gasteiger partial charge >= 0.3 is 0 Å². The molecule has 1 N–H and O–H groups in total. The summed E-state index contributed by atoms with van der Waals surface area (Å²) in [6, 6.07) is 9.18. The second kappa shape index (κ2) is 10.3. The lowest BCUT2D eigenvalue weighted by atomic mass is 9.89. The number of pyridine rings is 1. The largest absolute Gasteiger partial charge is 0.438 e. The summed E-state index contributed by atoms with van der Waals surface area (Å²) in [5.74, 6) is 2.70. The van der Waals surface area contributed by atoms with Gasteiger partial charge in [-0.2, -0.15) is 0 Å². The summed E-state index contributed by atoms with van der Waals surface area (Å²) in [4.78, 5) is 30.1. The Labute approximate surface area is 188 Å². The standard InChI is InChI=1S/C25H29N5O2/c1-3-22-28-16-29-23(30-22)20-10-7-13-26-25(20)32-21-14-19(12-11-17(21)2)24(31)27-15-18-8-5-4-6-9-18/h7,10-14,16,18H,3-6,8-9,15H2,1-2H3,(H,27,31). The lowest BCUT2D eigenvalue weighted by Gasteiger charge is -2.21. The van der Waals surface area contributed by atoms with Gasteiger partial charge in [-0.05, 0) is 55.5 Å². The van der Waals surface area contributed by atoms with E-state index in [4.69, 9.17) is 4.74 Å². The molecule has 1 fully saturated rings. The maximum absolute atomic E-state index is 12.8. The first-order valence-electron chi connectivity index (χ1n) is 11.3. The van der Waals surface area contributed by atoms with Crippen LogP contribution in [-0.4, -0.2) is 32.4 Å². The van der Waals surface area contributed by atoms with Crippen molar-refractivity contribution in [2.24, 2.45) is 5.92 Å². The van der Waals surface area contributed by atoms with Crippen molar-refractivity contribution in [1.82, 2.24) is 25.3 Å². The van der Waals surface area contributed by atoms with Crippen molar-refractivity contribution in [3.8, 4) is 23.0 Å². The zero-order valence-corrected chi connectivity index (χ0v) is 18.7. The van der Waals surface area contributed by atoms with Gasteiger partial charge in [-0.3, -0.25) is 4.79 Å². The number of amides is 1. The average molecular weight is 432 g/mol. The van der Waals surface area contributed by atoms with Gasteiger partial charge in [0.15, 0.2) is 5.82 Å². The third kappa shape index (κ3) is 5.28. The monoisotopic (exact) mass is 431 g/mol. The molecule has 1 amide bonds. The van der Waals surface area contributed by atoms with Gasteiger partial charge < -0.3 is 10.1 Å². The highest BCUT2D eigenvalue weighted by molar-refractivity contribution is 5.94. The molecule has 1 saturated carbocycles. The second-order valence-electron chi connectivity index (χ2n) is 8.23.